The molecule has 1 aromatic rings. The highest BCUT2D eigenvalue weighted by atomic mass is 32.3. The molecule has 1 rings (SSSR count). The van der Waals surface area contributed by atoms with E-state index in [1.54, 1.807) is 0 Å². The second-order valence-electron chi connectivity index (χ2n) is 3.71. The molecule has 0 heterocycles. The van der Waals surface area contributed by atoms with Gasteiger partial charge in [-0.1, -0.05) is 0 Å². The lowest BCUT2D eigenvalue weighted by Gasteiger charge is -2.25. The van der Waals surface area contributed by atoms with E-state index in [0.717, 1.165) is 6.07 Å². The second kappa shape index (κ2) is 3.57. The molecule has 0 radical (unpaired) electrons. The lowest BCUT2D eigenvalue weighted by Crippen LogP contribution is -1.98. The summed E-state index contributed by atoms with van der Waals surface area (Å²) in [6.45, 7) is 0. The fraction of sp³-hybridized carbons (Fsp3) is 0.333. The summed E-state index contributed by atoms with van der Waals surface area (Å²) >= 11 is 0. The average molecular weight is 217 g/mol. The number of nitro groups is 1. The zero-order chi connectivity index (χ0) is 10.9. The molecule has 0 aromatic heterocycles. The van der Waals surface area contributed by atoms with Crippen LogP contribution in [0.3, 0.4) is 0 Å². The van der Waals surface area contributed by atoms with Crippen molar-refractivity contribution in [2.24, 2.45) is 0 Å². The van der Waals surface area contributed by atoms with E-state index in [9.17, 15) is 14.5 Å². The largest absolute Gasteiger partial charge is 0.272 e. The Hall–Kier alpha value is -1.10. The van der Waals surface area contributed by atoms with Crippen LogP contribution in [0.1, 0.15) is 0 Å². The third kappa shape index (κ3) is 2.23. The molecule has 0 fully saturated rings. The molecule has 0 unspecified atom stereocenters. The van der Waals surface area contributed by atoms with Crippen molar-refractivity contribution in [3.63, 3.8) is 0 Å². The van der Waals surface area contributed by atoms with Gasteiger partial charge in [0.15, 0.2) is 0 Å². The molecule has 0 amide bonds. The fourth-order valence-corrected chi connectivity index (χ4v) is 2.22. The Morgan fingerprint density at radius 1 is 1.36 bits per heavy atom. The highest BCUT2D eigenvalue weighted by Crippen LogP contribution is 2.46. The van der Waals surface area contributed by atoms with Crippen LogP contribution in [0.4, 0.5) is 10.1 Å². The Bertz CT molecular complexity index is 374. The number of hydrogen-bond donors (Lipinski definition) is 0. The monoisotopic (exact) mass is 217 g/mol. The maximum absolute atomic E-state index is 13.4. The van der Waals surface area contributed by atoms with E-state index in [4.69, 9.17) is 0 Å². The number of nitrogens with zero attached hydrogens (tertiary/aromatic N) is 1. The average Bonchev–Trinajstić information content (AvgIpc) is 2.01. The van der Waals surface area contributed by atoms with Crippen LogP contribution in [0.2, 0.25) is 0 Å². The summed E-state index contributed by atoms with van der Waals surface area (Å²) in [6.07, 6.45) is 5.83. The van der Waals surface area contributed by atoms with E-state index < -0.39 is 20.8 Å². The van der Waals surface area contributed by atoms with Crippen molar-refractivity contribution in [1.82, 2.24) is 0 Å². The summed E-state index contributed by atoms with van der Waals surface area (Å²) in [7, 11) is -1.17. The predicted octanol–water partition coefficient (Wildman–Crippen LogP) is 2.79. The van der Waals surface area contributed by atoms with Crippen molar-refractivity contribution in [1.29, 1.82) is 0 Å². The minimum absolute atomic E-state index is 0.199. The van der Waals surface area contributed by atoms with Crippen LogP contribution in [0.15, 0.2) is 23.1 Å². The number of benzene rings is 1. The predicted molar refractivity (Wildman–Crippen MR) is 56.7 cm³/mol. The van der Waals surface area contributed by atoms with Crippen LogP contribution >= 0.6 is 10.0 Å². The zero-order valence-corrected chi connectivity index (χ0v) is 9.10. The lowest BCUT2D eigenvalue weighted by molar-refractivity contribution is -0.385. The van der Waals surface area contributed by atoms with Crippen molar-refractivity contribution in [2.75, 3.05) is 18.8 Å². The van der Waals surface area contributed by atoms with Crippen molar-refractivity contribution < 1.29 is 9.31 Å². The molecule has 0 aliphatic heterocycles. The molecule has 0 saturated heterocycles. The molecule has 14 heavy (non-hydrogen) atoms. The molecule has 0 aliphatic rings. The summed E-state index contributed by atoms with van der Waals surface area (Å²) in [5.41, 5.74) is -0.199. The van der Waals surface area contributed by atoms with Gasteiger partial charge in [0.05, 0.1) is 11.0 Å². The fourth-order valence-electron chi connectivity index (χ4n) is 1.10. The molecule has 0 bridgehead atoms. The van der Waals surface area contributed by atoms with Crippen LogP contribution in [-0.4, -0.2) is 23.7 Å². The smallest absolute Gasteiger partial charge is 0.258 e. The van der Waals surface area contributed by atoms with Gasteiger partial charge in [0.25, 0.3) is 5.69 Å². The summed E-state index contributed by atoms with van der Waals surface area (Å²) in [6, 6.07) is 3.83. The van der Waals surface area contributed by atoms with Gasteiger partial charge in [-0.25, -0.2) is 14.4 Å². The molecule has 1 aromatic carbocycles. The Kier molecular flexibility index (Phi) is 2.80. The van der Waals surface area contributed by atoms with Crippen LogP contribution in [0, 0.1) is 15.9 Å². The molecule has 0 spiro atoms. The lowest BCUT2D eigenvalue weighted by atomic mass is 10.3. The third-order valence-electron chi connectivity index (χ3n) is 1.79. The van der Waals surface area contributed by atoms with Gasteiger partial charge in [0.1, 0.15) is 5.82 Å². The highest BCUT2D eigenvalue weighted by molar-refractivity contribution is 8.32. The Labute approximate surface area is 83.4 Å². The molecule has 5 heteroatoms. The van der Waals surface area contributed by atoms with E-state index >= 15 is 0 Å². The standard InChI is InChI=1S/C9H12FNO2S/c1-14(2,3)9-5-4-7(11(12)13)6-8(9)10/h4-6H,1-3H3. The summed E-state index contributed by atoms with van der Waals surface area (Å²) < 4.78 is 13.4. The van der Waals surface area contributed by atoms with Crippen LogP contribution in [-0.2, 0) is 0 Å². The molecular formula is C9H12FNO2S. The van der Waals surface area contributed by atoms with Gasteiger partial charge < -0.3 is 0 Å². The summed E-state index contributed by atoms with van der Waals surface area (Å²) in [4.78, 5) is 10.3. The van der Waals surface area contributed by atoms with Gasteiger partial charge in [-0.15, -0.1) is 0 Å². The normalized spacial score (nSPS) is 12.6. The number of non-ortho nitro benzene ring substituents is 1. The van der Waals surface area contributed by atoms with Crippen molar-refractivity contribution >= 4 is 15.7 Å². The molecule has 0 saturated carbocycles. The number of halogens is 1. The van der Waals surface area contributed by atoms with Gasteiger partial charge in [-0.2, -0.15) is 0 Å². The topological polar surface area (TPSA) is 43.1 Å². The minimum Gasteiger partial charge on any atom is -0.258 e. The first-order valence-electron chi connectivity index (χ1n) is 3.94. The molecule has 0 N–H and O–H groups in total. The van der Waals surface area contributed by atoms with Crippen LogP contribution in [0.25, 0.3) is 0 Å². The van der Waals surface area contributed by atoms with E-state index in [2.05, 4.69) is 0 Å². The van der Waals surface area contributed by atoms with Gasteiger partial charge in [0, 0.05) is 11.0 Å². The van der Waals surface area contributed by atoms with E-state index in [0.29, 0.717) is 4.90 Å². The van der Waals surface area contributed by atoms with E-state index in [1.165, 1.54) is 12.1 Å². The summed E-state index contributed by atoms with van der Waals surface area (Å²) in [5.74, 6) is -0.485. The maximum atomic E-state index is 13.4. The first-order valence-corrected chi connectivity index (χ1v) is 6.80. The Balaban J connectivity index is 3.21. The minimum atomic E-state index is -1.17. The molecular weight excluding hydrogens is 205 g/mol. The van der Waals surface area contributed by atoms with Gasteiger partial charge in [-0.3, -0.25) is 10.1 Å². The summed E-state index contributed by atoms with van der Waals surface area (Å²) in [5, 5.41) is 10.4. The Morgan fingerprint density at radius 2 is 1.93 bits per heavy atom. The van der Waals surface area contributed by atoms with Crippen LogP contribution < -0.4 is 0 Å². The van der Waals surface area contributed by atoms with Crippen molar-refractivity contribution in [3.8, 4) is 0 Å². The number of rotatable bonds is 2. The first kappa shape index (κ1) is 11.0. The second-order valence-corrected chi connectivity index (χ2v) is 7.82. The zero-order valence-electron chi connectivity index (χ0n) is 8.28. The highest BCUT2D eigenvalue weighted by Gasteiger charge is 2.16. The molecule has 0 atom stereocenters. The van der Waals surface area contributed by atoms with E-state index in [1.807, 2.05) is 18.8 Å². The van der Waals surface area contributed by atoms with Gasteiger partial charge in [-0.05, 0) is 24.8 Å². The Morgan fingerprint density at radius 3 is 2.29 bits per heavy atom. The quantitative estimate of drug-likeness (QED) is 0.564. The SMILES string of the molecule is CS(C)(C)c1ccc([N+](=O)[O-])cc1F. The van der Waals surface area contributed by atoms with Gasteiger partial charge >= 0.3 is 0 Å². The molecule has 3 nitrogen and oxygen atoms in total. The first-order chi connectivity index (χ1) is 6.32. The van der Waals surface area contributed by atoms with E-state index in [-0.39, 0.29) is 5.69 Å². The number of nitro benzene ring substituents is 1. The van der Waals surface area contributed by atoms with Gasteiger partial charge in [0.2, 0.25) is 0 Å². The van der Waals surface area contributed by atoms with Crippen LogP contribution in [0.5, 0.6) is 0 Å². The van der Waals surface area contributed by atoms with Crippen molar-refractivity contribution in [3.05, 3.63) is 34.1 Å². The molecule has 0 aliphatic carbocycles. The maximum Gasteiger partial charge on any atom is 0.272 e. The third-order valence-corrected chi connectivity index (χ3v) is 3.44. The molecule has 78 valence electrons. The van der Waals surface area contributed by atoms with Crippen molar-refractivity contribution in [2.45, 2.75) is 4.90 Å². The number of hydrogen-bond acceptors (Lipinski definition) is 2.